The minimum atomic E-state index is -0.533. The molecule has 0 bridgehead atoms. The summed E-state index contributed by atoms with van der Waals surface area (Å²) in [6.45, 7) is 8.64. The third-order valence-corrected chi connectivity index (χ3v) is 8.36. The Bertz CT molecular complexity index is 1370. The molecule has 0 aromatic heterocycles. The molecule has 1 heterocycles. The van der Waals surface area contributed by atoms with E-state index >= 15 is 0 Å². The minimum absolute atomic E-state index is 0.0528. The number of carbonyl (C=O) groups excluding carboxylic acids is 2. The minimum Gasteiger partial charge on any atom is -0.382 e. The van der Waals surface area contributed by atoms with Gasteiger partial charge < -0.3 is 15.5 Å². The number of likely N-dealkylation sites (tertiary alicyclic amines) is 1. The summed E-state index contributed by atoms with van der Waals surface area (Å²) in [5.41, 5.74) is 4.36. The number of rotatable bonds is 6. The zero-order valence-electron chi connectivity index (χ0n) is 24.0. The summed E-state index contributed by atoms with van der Waals surface area (Å²) < 4.78 is 15.0. The third-order valence-electron chi connectivity index (χ3n) is 8.36. The van der Waals surface area contributed by atoms with Crippen LogP contribution in [0, 0.1) is 18.7 Å². The second-order valence-corrected chi connectivity index (χ2v) is 12.3. The van der Waals surface area contributed by atoms with Gasteiger partial charge in [0.1, 0.15) is 5.82 Å². The highest BCUT2D eigenvalue weighted by Gasteiger charge is 2.40. The maximum Gasteiger partial charge on any atom is 0.257 e. The number of aryl methyl sites for hydroxylation is 1. The van der Waals surface area contributed by atoms with Crippen LogP contribution in [0.5, 0.6) is 0 Å². The van der Waals surface area contributed by atoms with Crippen molar-refractivity contribution in [3.63, 3.8) is 0 Å². The number of piperidine rings is 1. The monoisotopic (exact) mass is 541 g/mol. The maximum absolute atomic E-state index is 15.0. The number of benzene rings is 3. The number of nitrogens with one attached hydrogen (secondary N) is 2. The molecule has 2 atom stereocenters. The van der Waals surface area contributed by atoms with Gasteiger partial charge in [0, 0.05) is 24.0 Å². The number of hydrogen-bond acceptors (Lipinski definition) is 3. The molecule has 40 heavy (non-hydrogen) atoms. The van der Waals surface area contributed by atoms with Crippen molar-refractivity contribution < 1.29 is 14.0 Å². The first-order chi connectivity index (χ1) is 19.1. The molecule has 2 aliphatic rings. The van der Waals surface area contributed by atoms with Crippen LogP contribution in [0.25, 0.3) is 0 Å². The predicted octanol–water partition coefficient (Wildman–Crippen LogP) is 7.63. The molecule has 6 heteroatoms. The van der Waals surface area contributed by atoms with E-state index < -0.39 is 17.8 Å². The number of nitrogens with zero attached hydrogens (tertiary/aromatic N) is 1. The van der Waals surface area contributed by atoms with Crippen molar-refractivity contribution in [2.24, 2.45) is 5.92 Å². The highest BCUT2D eigenvalue weighted by Crippen LogP contribution is 2.40. The lowest BCUT2D eigenvalue weighted by Crippen LogP contribution is -2.46. The summed E-state index contributed by atoms with van der Waals surface area (Å²) in [6, 6.07) is 20.6. The quantitative estimate of drug-likeness (QED) is 0.337. The molecule has 3 aromatic carbocycles. The predicted molar refractivity (Wildman–Crippen MR) is 159 cm³/mol. The van der Waals surface area contributed by atoms with Gasteiger partial charge in [-0.2, -0.15) is 0 Å². The summed E-state index contributed by atoms with van der Waals surface area (Å²) in [7, 11) is 0. The highest BCUT2D eigenvalue weighted by atomic mass is 19.1. The summed E-state index contributed by atoms with van der Waals surface area (Å²) in [4.78, 5) is 29.6. The molecule has 1 aliphatic heterocycles. The van der Waals surface area contributed by atoms with Gasteiger partial charge >= 0.3 is 0 Å². The Labute approximate surface area is 237 Å². The van der Waals surface area contributed by atoms with Gasteiger partial charge in [-0.15, -0.1) is 0 Å². The van der Waals surface area contributed by atoms with Crippen LogP contribution >= 0.6 is 0 Å². The zero-order chi connectivity index (χ0) is 28.4. The molecule has 2 N–H and O–H groups in total. The molecule has 1 aliphatic carbocycles. The van der Waals surface area contributed by atoms with Crippen molar-refractivity contribution in [3.8, 4) is 0 Å². The Morgan fingerprint density at radius 1 is 0.900 bits per heavy atom. The number of carbonyl (C=O) groups is 2. The van der Waals surface area contributed by atoms with Crippen LogP contribution in [-0.2, 0) is 10.2 Å². The fraction of sp³-hybridized carbons (Fsp3) is 0.412. The summed E-state index contributed by atoms with van der Waals surface area (Å²) in [5.74, 6) is -1.52. The maximum atomic E-state index is 15.0. The first kappa shape index (κ1) is 27.9. The highest BCUT2D eigenvalue weighted by molar-refractivity contribution is 5.98. The van der Waals surface area contributed by atoms with Crippen LogP contribution in [0.3, 0.4) is 0 Å². The molecule has 5 rings (SSSR count). The number of halogens is 1. The number of hydrogen-bond donors (Lipinski definition) is 2. The summed E-state index contributed by atoms with van der Waals surface area (Å²) >= 11 is 0. The van der Waals surface area contributed by atoms with E-state index in [1.165, 1.54) is 12.5 Å². The molecular formula is C34H40FN3O2. The molecule has 0 radical (unpaired) electrons. The molecule has 1 saturated carbocycles. The molecule has 1 saturated heterocycles. The van der Waals surface area contributed by atoms with E-state index in [4.69, 9.17) is 0 Å². The Morgan fingerprint density at radius 3 is 2.33 bits per heavy atom. The van der Waals surface area contributed by atoms with Crippen molar-refractivity contribution in [1.29, 1.82) is 0 Å². The fourth-order valence-corrected chi connectivity index (χ4v) is 5.86. The van der Waals surface area contributed by atoms with Crippen LogP contribution in [0.1, 0.15) is 86.0 Å². The normalized spacial score (nSPS) is 19.6. The largest absolute Gasteiger partial charge is 0.382 e. The van der Waals surface area contributed by atoms with E-state index in [0.29, 0.717) is 31.0 Å². The van der Waals surface area contributed by atoms with Gasteiger partial charge in [-0.25, -0.2) is 4.39 Å². The molecule has 5 nitrogen and oxygen atoms in total. The zero-order valence-corrected chi connectivity index (χ0v) is 24.0. The average Bonchev–Trinajstić information content (AvgIpc) is 2.90. The van der Waals surface area contributed by atoms with Gasteiger partial charge in [0.25, 0.3) is 5.91 Å². The lowest BCUT2D eigenvalue weighted by molar-refractivity contribution is -0.123. The molecule has 2 fully saturated rings. The van der Waals surface area contributed by atoms with Crippen molar-refractivity contribution in [3.05, 3.63) is 94.8 Å². The van der Waals surface area contributed by atoms with E-state index in [2.05, 4.69) is 43.5 Å². The van der Waals surface area contributed by atoms with E-state index in [1.807, 2.05) is 36.4 Å². The number of anilines is 2. The van der Waals surface area contributed by atoms with Crippen LogP contribution in [-0.4, -0.2) is 29.3 Å². The SMILES string of the molecule is Cc1cccc(F)c1C(=O)N1CCCC(C(=O)Nc2cccc(C(C)(C)C)c2)C1c1cccc(NC2CCC2)c1. The van der Waals surface area contributed by atoms with Crippen LogP contribution < -0.4 is 10.6 Å². The molecule has 210 valence electrons. The average molecular weight is 542 g/mol. The second kappa shape index (κ2) is 11.4. The Kier molecular flexibility index (Phi) is 7.97. The van der Waals surface area contributed by atoms with Gasteiger partial charge in [0.05, 0.1) is 17.5 Å². The summed E-state index contributed by atoms with van der Waals surface area (Å²) in [5, 5.41) is 6.74. The molecule has 3 aromatic rings. The Hall–Kier alpha value is -3.67. The van der Waals surface area contributed by atoms with E-state index in [0.717, 1.165) is 35.3 Å². The van der Waals surface area contributed by atoms with Gasteiger partial charge in [-0.3, -0.25) is 9.59 Å². The van der Waals surface area contributed by atoms with Gasteiger partial charge in [-0.05, 0) is 91.5 Å². The van der Waals surface area contributed by atoms with E-state index in [-0.39, 0.29) is 22.8 Å². The molecular weight excluding hydrogens is 501 g/mol. The summed E-state index contributed by atoms with van der Waals surface area (Å²) in [6.07, 6.45) is 4.81. The van der Waals surface area contributed by atoms with Crippen molar-refractivity contribution in [2.75, 3.05) is 17.2 Å². The van der Waals surface area contributed by atoms with Crippen molar-refractivity contribution >= 4 is 23.2 Å². The van der Waals surface area contributed by atoms with Gasteiger partial charge in [-0.1, -0.05) is 57.2 Å². The smallest absolute Gasteiger partial charge is 0.257 e. The van der Waals surface area contributed by atoms with Crippen LogP contribution in [0.4, 0.5) is 15.8 Å². The van der Waals surface area contributed by atoms with E-state index in [9.17, 15) is 14.0 Å². The molecule has 2 amide bonds. The van der Waals surface area contributed by atoms with Gasteiger partial charge in [0.15, 0.2) is 0 Å². The van der Waals surface area contributed by atoms with Crippen LogP contribution in [0.2, 0.25) is 0 Å². The standard InChI is InChI=1S/C34H40FN3O2/c1-22-10-5-18-29(35)30(22)33(40)38-19-9-17-28(32(39)37-27-16-7-12-24(21-27)34(2,3)4)31(38)23-11-6-15-26(20-23)36-25-13-8-14-25/h5-7,10-12,15-16,18,20-21,25,28,31,36H,8-9,13-14,17,19H2,1-4H3,(H,37,39). The van der Waals surface area contributed by atoms with E-state index in [1.54, 1.807) is 24.0 Å². The van der Waals surface area contributed by atoms with Crippen molar-refractivity contribution in [2.45, 2.75) is 77.3 Å². The van der Waals surface area contributed by atoms with Gasteiger partial charge in [0.2, 0.25) is 5.91 Å². The third kappa shape index (κ3) is 5.91. The molecule has 0 spiro atoms. The fourth-order valence-electron chi connectivity index (χ4n) is 5.86. The lowest BCUT2D eigenvalue weighted by atomic mass is 9.82. The lowest BCUT2D eigenvalue weighted by Gasteiger charge is -2.41. The Balaban J connectivity index is 1.50. The Morgan fingerprint density at radius 2 is 1.62 bits per heavy atom. The van der Waals surface area contributed by atoms with Crippen LogP contribution in [0.15, 0.2) is 66.7 Å². The first-order valence-corrected chi connectivity index (χ1v) is 14.5. The topological polar surface area (TPSA) is 61.4 Å². The first-order valence-electron chi connectivity index (χ1n) is 14.5. The number of amides is 2. The van der Waals surface area contributed by atoms with Crippen molar-refractivity contribution in [1.82, 2.24) is 4.90 Å². The second-order valence-electron chi connectivity index (χ2n) is 12.3. The molecule has 2 unspecified atom stereocenters.